The van der Waals surface area contributed by atoms with Crippen molar-refractivity contribution in [2.45, 2.75) is 38.3 Å². The van der Waals surface area contributed by atoms with Gasteiger partial charge in [0.1, 0.15) is 23.8 Å². The zero-order valence-corrected chi connectivity index (χ0v) is 22.5. The largest absolute Gasteiger partial charge is 0.340 e. The van der Waals surface area contributed by atoms with Gasteiger partial charge in [-0.15, -0.1) is 0 Å². The maximum Gasteiger partial charge on any atom is 0.158 e. The Hall–Kier alpha value is -3.65. The summed E-state index contributed by atoms with van der Waals surface area (Å²) in [7, 11) is 2.14. The second kappa shape index (κ2) is 11.2. The highest BCUT2D eigenvalue weighted by Gasteiger charge is 2.30. The van der Waals surface area contributed by atoms with Crippen molar-refractivity contribution < 1.29 is 13.6 Å². The molecule has 1 aromatic heterocycles. The molecule has 0 saturated carbocycles. The molecule has 0 aliphatic carbocycles. The lowest BCUT2D eigenvalue weighted by molar-refractivity contribution is 0.148. The standard InChI is InChI=1S/C29H33F2N7O/c1-29(2,18-32)22-10-20(17-37-7-5-36(3)6-8-37)11-25(14-22)35-27-16-28(34-19-33-27)38-26(4-9-39-38)21-12-23(30)15-24(31)13-21/h10-16,19,26H,4-9,17H2,1-3H3,(H,33,34,35). The summed E-state index contributed by atoms with van der Waals surface area (Å²) in [6.45, 7) is 9.06. The van der Waals surface area contributed by atoms with Crippen molar-refractivity contribution in [3.63, 3.8) is 0 Å². The number of aromatic nitrogens is 2. The molecule has 1 unspecified atom stereocenters. The quantitative estimate of drug-likeness (QED) is 0.458. The van der Waals surface area contributed by atoms with Gasteiger partial charge in [0.05, 0.1) is 24.1 Å². The van der Waals surface area contributed by atoms with Crippen LogP contribution in [0.15, 0.2) is 48.8 Å². The van der Waals surface area contributed by atoms with Gasteiger partial charge in [0.25, 0.3) is 0 Å². The van der Waals surface area contributed by atoms with Crippen molar-refractivity contribution >= 4 is 17.3 Å². The highest BCUT2D eigenvalue weighted by molar-refractivity contribution is 5.62. The lowest BCUT2D eigenvalue weighted by atomic mass is 9.85. The molecule has 3 aromatic rings. The maximum absolute atomic E-state index is 13.9. The van der Waals surface area contributed by atoms with Gasteiger partial charge in [0.15, 0.2) is 5.82 Å². The Morgan fingerprint density at radius 3 is 2.49 bits per heavy atom. The van der Waals surface area contributed by atoms with Crippen molar-refractivity contribution in [1.82, 2.24) is 19.8 Å². The fourth-order valence-electron chi connectivity index (χ4n) is 4.99. The van der Waals surface area contributed by atoms with Crippen LogP contribution in [-0.2, 0) is 16.8 Å². The Labute approximate surface area is 227 Å². The van der Waals surface area contributed by atoms with Crippen LogP contribution in [0.5, 0.6) is 0 Å². The van der Waals surface area contributed by atoms with Crippen LogP contribution in [0.3, 0.4) is 0 Å². The molecule has 1 atom stereocenters. The topological polar surface area (TPSA) is 80.6 Å². The van der Waals surface area contributed by atoms with Crippen LogP contribution in [0, 0.1) is 23.0 Å². The second-order valence-corrected chi connectivity index (χ2v) is 10.8. The number of likely N-dealkylation sites (N-methyl/N-ethyl adjacent to an activating group) is 1. The minimum absolute atomic E-state index is 0.382. The van der Waals surface area contributed by atoms with Crippen LogP contribution >= 0.6 is 0 Å². The summed E-state index contributed by atoms with van der Waals surface area (Å²) < 4.78 is 27.8. The maximum atomic E-state index is 13.9. The third-order valence-electron chi connectivity index (χ3n) is 7.32. The zero-order valence-electron chi connectivity index (χ0n) is 22.5. The Bertz CT molecular complexity index is 1350. The first-order chi connectivity index (χ1) is 18.7. The molecule has 0 amide bonds. The summed E-state index contributed by atoms with van der Waals surface area (Å²) in [5.74, 6) is -0.244. The second-order valence-electron chi connectivity index (χ2n) is 10.8. The molecule has 3 heterocycles. The summed E-state index contributed by atoms with van der Waals surface area (Å²) >= 11 is 0. The Morgan fingerprint density at radius 1 is 1.03 bits per heavy atom. The normalized spacial score (nSPS) is 18.8. The van der Waals surface area contributed by atoms with Gasteiger partial charge in [0, 0.05) is 57.0 Å². The number of nitriles is 1. The molecular formula is C29H33F2N7O. The number of nitrogens with one attached hydrogen (secondary N) is 1. The molecule has 2 aromatic carbocycles. The predicted molar refractivity (Wildman–Crippen MR) is 145 cm³/mol. The van der Waals surface area contributed by atoms with Crippen LogP contribution in [0.2, 0.25) is 0 Å². The van der Waals surface area contributed by atoms with Crippen LogP contribution in [0.4, 0.5) is 26.1 Å². The van der Waals surface area contributed by atoms with E-state index in [1.165, 1.54) is 18.5 Å². The summed E-state index contributed by atoms with van der Waals surface area (Å²) in [6.07, 6.45) is 1.99. The molecule has 10 heteroatoms. The van der Waals surface area contributed by atoms with E-state index in [9.17, 15) is 14.0 Å². The van der Waals surface area contributed by atoms with E-state index in [-0.39, 0.29) is 6.04 Å². The van der Waals surface area contributed by atoms with Crippen LogP contribution in [0.25, 0.3) is 0 Å². The van der Waals surface area contributed by atoms with E-state index in [0.717, 1.165) is 55.6 Å². The van der Waals surface area contributed by atoms with Gasteiger partial charge in [-0.1, -0.05) is 6.07 Å². The van der Waals surface area contributed by atoms with Crippen molar-refractivity contribution in [3.8, 4) is 6.07 Å². The Kier molecular flexibility index (Phi) is 7.75. The fraction of sp³-hybridized carbons (Fsp3) is 0.414. The molecule has 0 radical (unpaired) electrons. The van der Waals surface area contributed by atoms with Crippen molar-refractivity contribution in [2.24, 2.45) is 0 Å². The van der Waals surface area contributed by atoms with E-state index in [2.05, 4.69) is 50.3 Å². The molecule has 0 bridgehead atoms. The first-order valence-corrected chi connectivity index (χ1v) is 13.1. The molecule has 8 nitrogen and oxygen atoms in total. The smallest absolute Gasteiger partial charge is 0.158 e. The molecule has 39 heavy (non-hydrogen) atoms. The fourth-order valence-corrected chi connectivity index (χ4v) is 4.99. The molecule has 2 saturated heterocycles. The van der Waals surface area contributed by atoms with Gasteiger partial charge in [-0.25, -0.2) is 23.8 Å². The van der Waals surface area contributed by atoms with E-state index in [0.29, 0.717) is 30.2 Å². The van der Waals surface area contributed by atoms with Gasteiger partial charge in [-0.05, 0) is 61.9 Å². The highest BCUT2D eigenvalue weighted by atomic mass is 19.1. The van der Waals surface area contributed by atoms with Crippen molar-refractivity contribution in [3.05, 3.63) is 77.1 Å². The third-order valence-corrected chi connectivity index (χ3v) is 7.32. The summed E-state index contributed by atoms with van der Waals surface area (Å²) in [6, 6.07) is 13.4. The van der Waals surface area contributed by atoms with Gasteiger partial charge in [-0.2, -0.15) is 5.26 Å². The van der Waals surface area contributed by atoms with E-state index in [4.69, 9.17) is 4.84 Å². The molecular weight excluding hydrogens is 500 g/mol. The number of piperazine rings is 1. The number of anilines is 3. The van der Waals surface area contributed by atoms with E-state index in [1.807, 2.05) is 19.9 Å². The zero-order chi connectivity index (χ0) is 27.6. The molecule has 5 rings (SSSR count). The molecule has 2 aliphatic heterocycles. The lowest BCUT2D eigenvalue weighted by Crippen LogP contribution is -2.43. The third kappa shape index (κ3) is 6.33. The minimum atomic E-state index is -0.664. The summed E-state index contributed by atoms with van der Waals surface area (Å²) in [4.78, 5) is 19.3. The average molecular weight is 534 g/mol. The SMILES string of the molecule is CN1CCN(Cc2cc(Nc3cc(N4OCCC4c4cc(F)cc(F)c4)ncn3)cc(C(C)(C)C#N)c2)CC1. The average Bonchev–Trinajstić information content (AvgIpc) is 3.40. The predicted octanol–water partition coefficient (Wildman–Crippen LogP) is 4.93. The summed E-state index contributed by atoms with van der Waals surface area (Å²) in [5.41, 5.74) is 2.67. The first kappa shape index (κ1) is 26.9. The Morgan fingerprint density at radius 2 is 1.77 bits per heavy atom. The number of hydroxylamine groups is 1. The number of rotatable bonds is 7. The molecule has 2 fully saturated rings. The van der Waals surface area contributed by atoms with Crippen LogP contribution in [-0.4, -0.2) is 59.6 Å². The first-order valence-electron chi connectivity index (χ1n) is 13.1. The van der Waals surface area contributed by atoms with Gasteiger partial charge in [-0.3, -0.25) is 9.74 Å². The van der Waals surface area contributed by atoms with Crippen LogP contribution in [0.1, 0.15) is 43.0 Å². The minimum Gasteiger partial charge on any atom is -0.340 e. The van der Waals surface area contributed by atoms with Crippen molar-refractivity contribution in [2.75, 3.05) is 50.2 Å². The van der Waals surface area contributed by atoms with E-state index >= 15 is 0 Å². The molecule has 1 N–H and O–H groups in total. The van der Waals surface area contributed by atoms with Crippen LogP contribution < -0.4 is 10.4 Å². The van der Waals surface area contributed by atoms with Gasteiger partial charge < -0.3 is 10.2 Å². The van der Waals surface area contributed by atoms with Gasteiger partial charge >= 0.3 is 0 Å². The molecule has 2 aliphatic rings. The highest BCUT2D eigenvalue weighted by Crippen LogP contribution is 2.35. The molecule has 0 spiro atoms. The molecule has 204 valence electrons. The monoisotopic (exact) mass is 533 g/mol. The van der Waals surface area contributed by atoms with E-state index < -0.39 is 17.0 Å². The Balaban J connectivity index is 1.40. The number of nitrogens with zero attached hydrogens (tertiary/aromatic N) is 6. The lowest BCUT2D eigenvalue weighted by Gasteiger charge is -2.32. The number of halogens is 2. The summed E-state index contributed by atoms with van der Waals surface area (Å²) in [5, 5.41) is 14.8. The van der Waals surface area contributed by atoms with Gasteiger partial charge in [0.2, 0.25) is 0 Å². The number of hydrogen-bond donors (Lipinski definition) is 1. The number of hydrogen-bond acceptors (Lipinski definition) is 8. The number of benzene rings is 2. The van der Waals surface area contributed by atoms with Crippen molar-refractivity contribution in [1.29, 1.82) is 5.26 Å². The van der Waals surface area contributed by atoms with E-state index in [1.54, 1.807) is 11.1 Å².